The molecule has 3 heterocycles. The van der Waals surface area contributed by atoms with E-state index in [1.165, 1.54) is 22.6 Å². The van der Waals surface area contributed by atoms with E-state index in [1.54, 1.807) is 6.92 Å². The van der Waals surface area contributed by atoms with E-state index in [0.717, 1.165) is 18.3 Å². The second-order valence-corrected chi connectivity index (χ2v) is 7.46. The van der Waals surface area contributed by atoms with E-state index >= 15 is 0 Å². The average Bonchev–Trinajstić information content (AvgIpc) is 3.14. The second kappa shape index (κ2) is 7.56. The number of carbonyl (C=O) groups excluding carboxylic acids is 1. The number of fused-ring (bicyclic) bond motifs is 1. The number of alkyl halides is 3. The molecule has 0 radical (unpaired) electrons. The van der Waals surface area contributed by atoms with Crippen LogP contribution in [0.5, 0.6) is 0 Å². The largest absolute Gasteiger partial charge is 0.417 e. The van der Waals surface area contributed by atoms with Crippen LogP contribution in [0.1, 0.15) is 46.0 Å². The Morgan fingerprint density at radius 2 is 2.03 bits per heavy atom. The minimum atomic E-state index is -4.68. The molecule has 2 aromatic heterocycles. The van der Waals surface area contributed by atoms with Gasteiger partial charge in [-0.2, -0.15) is 17.9 Å². The zero-order chi connectivity index (χ0) is 22.5. The minimum absolute atomic E-state index is 0.128. The van der Waals surface area contributed by atoms with Gasteiger partial charge in [-0.1, -0.05) is 16.8 Å². The fourth-order valence-electron chi connectivity index (χ4n) is 3.46. The highest BCUT2D eigenvalue weighted by Crippen LogP contribution is 2.36. The van der Waals surface area contributed by atoms with E-state index in [9.17, 15) is 22.4 Å². The van der Waals surface area contributed by atoms with Gasteiger partial charge in [0.15, 0.2) is 5.82 Å². The Morgan fingerprint density at radius 1 is 1.29 bits per heavy atom. The SMILES string of the molecule is Cc1nc(-n2nnc3c2CCN(C(=O)c2ccc(Cl)c(C(F)(F)F)c2)C3C)ncc1F. The first-order valence-electron chi connectivity index (χ1n) is 9.19. The third-order valence-electron chi connectivity index (χ3n) is 5.12. The van der Waals surface area contributed by atoms with Crippen molar-refractivity contribution >= 4 is 17.5 Å². The van der Waals surface area contributed by atoms with E-state index < -0.39 is 34.5 Å². The van der Waals surface area contributed by atoms with Crippen molar-refractivity contribution in [2.75, 3.05) is 6.54 Å². The topological polar surface area (TPSA) is 76.8 Å². The van der Waals surface area contributed by atoms with Crippen LogP contribution in [-0.2, 0) is 12.6 Å². The van der Waals surface area contributed by atoms with Crippen molar-refractivity contribution in [2.24, 2.45) is 0 Å². The maximum atomic E-state index is 13.5. The standard InChI is InChI=1S/C19H15ClF4N6O/c1-9-14(21)8-25-18(26-9)30-15-5-6-29(10(2)16(15)27-28-30)17(31)11-3-4-13(20)12(7-11)19(22,23)24/h3-4,7-8,10H,5-6H2,1-2H3. The third-order valence-corrected chi connectivity index (χ3v) is 5.45. The number of benzene rings is 1. The average molecular weight is 455 g/mol. The second-order valence-electron chi connectivity index (χ2n) is 7.05. The summed E-state index contributed by atoms with van der Waals surface area (Å²) in [7, 11) is 0. The van der Waals surface area contributed by atoms with Crippen LogP contribution < -0.4 is 0 Å². The number of amides is 1. The number of halogens is 5. The highest BCUT2D eigenvalue weighted by atomic mass is 35.5. The molecule has 12 heteroatoms. The molecule has 0 saturated carbocycles. The fraction of sp³-hybridized carbons (Fsp3) is 0.316. The Morgan fingerprint density at radius 3 is 2.71 bits per heavy atom. The van der Waals surface area contributed by atoms with Crippen LogP contribution in [0, 0.1) is 12.7 Å². The van der Waals surface area contributed by atoms with Gasteiger partial charge in [0.25, 0.3) is 11.9 Å². The summed E-state index contributed by atoms with van der Waals surface area (Å²) < 4.78 is 54.3. The number of nitrogens with zero attached hydrogens (tertiary/aromatic N) is 6. The third kappa shape index (κ3) is 3.73. The number of aromatic nitrogens is 5. The van der Waals surface area contributed by atoms with Crippen molar-refractivity contribution in [2.45, 2.75) is 32.5 Å². The summed E-state index contributed by atoms with van der Waals surface area (Å²) in [6.45, 7) is 3.41. The predicted molar refractivity (Wildman–Crippen MR) is 101 cm³/mol. The van der Waals surface area contributed by atoms with Crippen LogP contribution in [0.2, 0.25) is 5.02 Å². The van der Waals surface area contributed by atoms with Crippen molar-refractivity contribution in [3.8, 4) is 5.95 Å². The van der Waals surface area contributed by atoms with Crippen LogP contribution >= 0.6 is 11.6 Å². The zero-order valence-electron chi connectivity index (χ0n) is 16.3. The molecule has 0 N–H and O–H groups in total. The number of aryl methyl sites for hydroxylation is 1. The maximum Gasteiger partial charge on any atom is 0.417 e. The molecule has 0 saturated heterocycles. The Bertz CT molecular complexity index is 1180. The zero-order valence-corrected chi connectivity index (χ0v) is 17.0. The van der Waals surface area contributed by atoms with Gasteiger partial charge in [-0.15, -0.1) is 5.10 Å². The number of hydrogen-bond donors (Lipinski definition) is 0. The lowest BCUT2D eigenvalue weighted by molar-refractivity contribution is -0.137. The fourth-order valence-corrected chi connectivity index (χ4v) is 3.69. The molecule has 0 spiro atoms. The summed E-state index contributed by atoms with van der Waals surface area (Å²) in [5.74, 6) is -0.986. The Kier molecular flexibility index (Phi) is 5.16. The van der Waals surface area contributed by atoms with Crippen molar-refractivity contribution in [1.82, 2.24) is 29.9 Å². The van der Waals surface area contributed by atoms with Crippen LogP contribution in [0.4, 0.5) is 17.6 Å². The minimum Gasteiger partial charge on any atom is -0.330 e. The quantitative estimate of drug-likeness (QED) is 0.548. The molecule has 0 bridgehead atoms. The Hall–Kier alpha value is -3.08. The molecular formula is C19H15ClF4N6O. The van der Waals surface area contributed by atoms with Crippen LogP contribution in [0.15, 0.2) is 24.4 Å². The van der Waals surface area contributed by atoms with Crippen molar-refractivity contribution in [1.29, 1.82) is 0 Å². The predicted octanol–water partition coefficient (Wildman–Crippen LogP) is 3.94. The van der Waals surface area contributed by atoms with Gasteiger partial charge in [-0.3, -0.25) is 4.79 Å². The molecular weight excluding hydrogens is 440 g/mol. The monoisotopic (exact) mass is 454 g/mol. The Balaban J connectivity index is 1.65. The summed E-state index contributed by atoms with van der Waals surface area (Å²) in [4.78, 5) is 22.4. The molecule has 1 atom stereocenters. The van der Waals surface area contributed by atoms with E-state index in [2.05, 4.69) is 20.3 Å². The molecule has 1 amide bonds. The van der Waals surface area contributed by atoms with E-state index in [4.69, 9.17) is 11.6 Å². The first-order chi connectivity index (χ1) is 14.6. The van der Waals surface area contributed by atoms with Crippen molar-refractivity contribution in [3.63, 3.8) is 0 Å². The van der Waals surface area contributed by atoms with E-state index in [1.807, 2.05) is 0 Å². The molecule has 4 rings (SSSR count). The lowest BCUT2D eigenvalue weighted by Gasteiger charge is -2.32. The van der Waals surface area contributed by atoms with E-state index in [-0.39, 0.29) is 23.8 Å². The van der Waals surface area contributed by atoms with Crippen LogP contribution in [0.3, 0.4) is 0 Å². The maximum absolute atomic E-state index is 13.5. The molecule has 3 aromatic rings. The normalized spacial score (nSPS) is 16.4. The molecule has 0 aliphatic carbocycles. The lowest BCUT2D eigenvalue weighted by Crippen LogP contribution is -2.39. The molecule has 1 aliphatic heterocycles. The van der Waals surface area contributed by atoms with Gasteiger partial charge in [0.2, 0.25) is 0 Å². The van der Waals surface area contributed by atoms with Gasteiger partial charge in [0, 0.05) is 18.5 Å². The van der Waals surface area contributed by atoms with Crippen LogP contribution in [0.25, 0.3) is 5.95 Å². The molecule has 1 aromatic carbocycles. The molecule has 1 unspecified atom stereocenters. The van der Waals surface area contributed by atoms with Crippen molar-refractivity contribution in [3.05, 3.63) is 63.4 Å². The first kappa shape index (κ1) is 21.2. The Labute approximate surface area is 178 Å². The van der Waals surface area contributed by atoms with Gasteiger partial charge >= 0.3 is 6.18 Å². The molecule has 162 valence electrons. The lowest BCUT2D eigenvalue weighted by atomic mass is 10.0. The summed E-state index contributed by atoms with van der Waals surface area (Å²) >= 11 is 5.65. The molecule has 7 nitrogen and oxygen atoms in total. The van der Waals surface area contributed by atoms with Gasteiger partial charge in [0.1, 0.15) is 5.69 Å². The van der Waals surface area contributed by atoms with Crippen LogP contribution in [-0.4, -0.2) is 42.3 Å². The van der Waals surface area contributed by atoms with Gasteiger partial charge < -0.3 is 4.90 Å². The number of carbonyl (C=O) groups is 1. The summed E-state index contributed by atoms with van der Waals surface area (Å²) in [6, 6.07) is 2.51. The molecule has 1 aliphatic rings. The highest BCUT2D eigenvalue weighted by molar-refractivity contribution is 6.31. The summed E-state index contributed by atoms with van der Waals surface area (Å²) in [5.41, 5.74) is 0.0694. The van der Waals surface area contributed by atoms with Crippen molar-refractivity contribution < 1.29 is 22.4 Å². The highest BCUT2D eigenvalue weighted by Gasteiger charge is 2.36. The van der Waals surface area contributed by atoms with E-state index in [0.29, 0.717) is 17.8 Å². The van der Waals surface area contributed by atoms with Gasteiger partial charge in [-0.05, 0) is 32.0 Å². The summed E-state index contributed by atoms with van der Waals surface area (Å²) in [6.07, 6.45) is -3.32. The summed E-state index contributed by atoms with van der Waals surface area (Å²) in [5, 5.41) is 7.66. The molecule has 0 fully saturated rings. The van der Waals surface area contributed by atoms with Gasteiger partial charge in [-0.25, -0.2) is 14.4 Å². The number of hydrogen-bond acceptors (Lipinski definition) is 5. The molecule has 31 heavy (non-hydrogen) atoms. The van der Waals surface area contributed by atoms with Gasteiger partial charge in [0.05, 0.1) is 34.2 Å². The smallest absolute Gasteiger partial charge is 0.330 e. The number of rotatable bonds is 2. The first-order valence-corrected chi connectivity index (χ1v) is 9.57.